The fourth-order valence-corrected chi connectivity index (χ4v) is 1.77. The van der Waals surface area contributed by atoms with Gasteiger partial charge in [-0.3, -0.25) is 0 Å². The van der Waals surface area contributed by atoms with Crippen LogP contribution in [0, 0.1) is 5.21 Å². The molecule has 1 aromatic carbocycles. The summed E-state index contributed by atoms with van der Waals surface area (Å²) < 4.78 is 0. The van der Waals surface area contributed by atoms with E-state index in [1.165, 1.54) is 6.42 Å². The van der Waals surface area contributed by atoms with Crippen molar-refractivity contribution in [2.45, 2.75) is 31.0 Å². The summed E-state index contributed by atoms with van der Waals surface area (Å²) in [6.07, 6.45) is 3.39. The van der Waals surface area contributed by atoms with Crippen LogP contribution in [-0.4, -0.2) is 16.2 Å². The molecule has 0 bridgehead atoms. The summed E-state index contributed by atoms with van der Waals surface area (Å²) in [6, 6.07) is 9.06. The first-order valence-electron chi connectivity index (χ1n) is 5.57. The molecule has 0 aliphatic carbocycles. The lowest BCUT2D eigenvalue weighted by Gasteiger charge is -2.04. The zero-order valence-electron chi connectivity index (χ0n) is 9.47. The van der Waals surface area contributed by atoms with Crippen molar-refractivity contribution >= 4 is 21.6 Å². The molecule has 88 valence electrons. The Morgan fingerprint density at radius 3 is 2.69 bits per heavy atom. The molecule has 1 unspecified atom stereocenters. The molecular weight excluding hydrogens is 268 g/mol. The van der Waals surface area contributed by atoms with Crippen molar-refractivity contribution in [2.75, 3.05) is 6.54 Å². The SMILES string of the molecule is CCCCC(Br)CN=[N+]([O-])c1ccccc1. The first-order chi connectivity index (χ1) is 7.74. The summed E-state index contributed by atoms with van der Waals surface area (Å²) in [6.45, 7) is 2.68. The van der Waals surface area contributed by atoms with E-state index in [9.17, 15) is 5.21 Å². The topological polar surface area (TPSA) is 38.4 Å². The number of alkyl halides is 1. The maximum absolute atomic E-state index is 11.6. The molecular formula is C12H17BrN2O. The van der Waals surface area contributed by atoms with E-state index in [1.54, 1.807) is 12.1 Å². The predicted molar refractivity (Wildman–Crippen MR) is 69.3 cm³/mol. The first-order valence-corrected chi connectivity index (χ1v) is 6.49. The first kappa shape index (κ1) is 13.2. The number of azo groups is 1. The molecule has 1 rings (SSSR count). The van der Waals surface area contributed by atoms with E-state index < -0.39 is 0 Å². The van der Waals surface area contributed by atoms with Gasteiger partial charge in [-0.2, -0.15) is 0 Å². The third-order valence-corrected chi connectivity index (χ3v) is 3.00. The number of halogens is 1. The summed E-state index contributed by atoms with van der Waals surface area (Å²) in [4.78, 5) is 0.993. The molecule has 3 nitrogen and oxygen atoms in total. The van der Waals surface area contributed by atoms with E-state index in [4.69, 9.17) is 0 Å². The predicted octanol–water partition coefficient (Wildman–Crippen LogP) is 4.23. The highest BCUT2D eigenvalue weighted by Gasteiger charge is 2.06. The van der Waals surface area contributed by atoms with Gasteiger partial charge in [0, 0.05) is 17.0 Å². The molecule has 1 aromatic rings. The Morgan fingerprint density at radius 1 is 1.38 bits per heavy atom. The Kier molecular flexibility index (Phi) is 6.08. The number of hydrogen-bond acceptors (Lipinski definition) is 2. The lowest BCUT2D eigenvalue weighted by atomic mass is 10.2. The third-order valence-electron chi connectivity index (χ3n) is 2.26. The Hall–Kier alpha value is -0.900. The average molecular weight is 285 g/mol. The van der Waals surface area contributed by atoms with Crippen LogP contribution in [-0.2, 0) is 0 Å². The van der Waals surface area contributed by atoms with Crippen molar-refractivity contribution < 1.29 is 4.86 Å². The molecule has 0 spiro atoms. The monoisotopic (exact) mass is 284 g/mol. The van der Waals surface area contributed by atoms with Crippen LogP contribution >= 0.6 is 15.9 Å². The van der Waals surface area contributed by atoms with Crippen LogP contribution in [0.1, 0.15) is 26.2 Å². The summed E-state index contributed by atoms with van der Waals surface area (Å²) in [5.74, 6) is 0. The molecule has 0 saturated carbocycles. The lowest BCUT2D eigenvalue weighted by molar-refractivity contribution is -0.442. The van der Waals surface area contributed by atoms with Crippen molar-refractivity contribution in [3.63, 3.8) is 0 Å². The second-order valence-electron chi connectivity index (χ2n) is 3.67. The number of rotatable bonds is 6. The van der Waals surface area contributed by atoms with Crippen molar-refractivity contribution in [1.82, 2.24) is 0 Å². The van der Waals surface area contributed by atoms with Crippen LogP contribution in [0.5, 0.6) is 0 Å². The van der Waals surface area contributed by atoms with Crippen LogP contribution in [0.2, 0.25) is 0 Å². The van der Waals surface area contributed by atoms with Gasteiger partial charge in [-0.15, -0.1) is 0 Å². The van der Waals surface area contributed by atoms with Gasteiger partial charge < -0.3 is 5.21 Å². The van der Waals surface area contributed by atoms with Gasteiger partial charge in [-0.1, -0.05) is 58.8 Å². The van der Waals surface area contributed by atoms with Gasteiger partial charge >= 0.3 is 0 Å². The molecule has 1 atom stereocenters. The number of benzene rings is 1. The Bertz CT molecular complexity index is 327. The third kappa shape index (κ3) is 4.75. The molecule has 0 saturated heterocycles. The largest absolute Gasteiger partial charge is 0.594 e. The maximum Gasteiger partial charge on any atom is 0.244 e. The molecule has 16 heavy (non-hydrogen) atoms. The van der Waals surface area contributed by atoms with Gasteiger partial charge in [-0.05, 0) is 11.5 Å². The standard InChI is InChI=1S/C12H17BrN2O/c1-2-3-7-11(13)10-14-15(16)12-8-5-4-6-9-12/h4-6,8-9,11H,2-3,7,10H2,1H3. The molecule has 0 aliphatic rings. The second kappa shape index (κ2) is 7.39. The van der Waals surface area contributed by atoms with Crippen molar-refractivity contribution in [3.8, 4) is 0 Å². The van der Waals surface area contributed by atoms with Gasteiger partial charge in [0.05, 0.1) is 0 Å². The Labute approximate surface area is 105 Å². The van der Waals surface area contributed by atoms with Crippen molar-refractivity contribution in [3.05, 3.63) is 35.5 Å². The number of para-hydroxylation sites is 1. The van der Waals surface area contributed by atoms with E-state index in [1.807, 2.05) is 18.2 Å². The zero-order valence-corrected chi connectivity index (χ0v) is 11.1. The molecule has 0 aromatic heterocycles. The highest BCUT2D eigenvalue weighted by atomic mass is 79.9. The van der Waals surface area contributed by atoms with E-state index in [2.05, 4.69) is 28.0 Å². The van der Waals surface area contributed by atoms with Crippen LogP contribution in [0.15, 0.2) is 35.4 Å². The van der Waals surface area contributed by atoms with Gasteiger partial charge in [0.15, 0.2) is 0 Å². The zero-order chi connectivity index (χ0) is 11.8. The van der Waals surface area contributed by atoms with E-state index >= 15 is 0 Å². The fourth-order valence-electron chi connectivity index (χ4n) is 1.32. The Balaban J connectivity index is 2.45. The van der Waals surface area contributed by atoms with Crippen LogP contribution < -0.4 is 0 Å². The summed E-state index contributed by atoms with van der Waals surface area (Å²) in [5.41, 5.74) is 0.581. The fraction of sp³-hybridized carbons (Fsp3) is 0.500. The molecule has 0 aliphatic heterocycles. The van der Waals surface area contributed by atoms with Crippen molar-refractivity contribution in [1.29, 1.82) is 0 Å². The second-order valence-corrected chi connectivity index (χ2v) is 4.97. The van der Waals surface area contributed by atoms with Gasteiger partial charge in [0.1, 0.15) is 6.54 Å². The lowest BCUT2D eigenvalue weighted by Crippen LogP contribution is -2.05. The summed E-state index contributed by atoms with van der Waals surface area (Å²) in [5, 5.41) is 15.5. The van der Waals surface area contributed by atoms with E-state index in [-0.39, 0.29) is 0 Å². The molecule has 0 amide bonds. The summed E-state index contributed by atoms with van der Waals surface area (Å²) in [7, 11) is 0. The van der Waals surface area contributed by atoms with E-state index in [0.717, 1.165) is 12.8 Å². The Morgan fingerprint density at radius 2 is 2.06 bits per heavy atom. The van der Waals surface area contributed by atoms with Gasteiger partial charge in [0.2, 0.25) is 5.69 Å². The molecule has 0 N–H and O–H groups in total. The molecule has 0 heterocycles. The van der Waals surface area contributed by atoms with Gasteiger partial charge in [-0.25, -0.2) is 0 Å². The van der Waals surface area contributed by atoms with Crippen LogP contribution in [0.4, 0.5) is 5.69 Å². The number of unbranched alkanes of at least 4 members (excludes halogenated alkanes) is 1. The molecule has 4 heteroatoms. The normalized spacial score (nSPS) is 13.8. The number of hydrogen-bond donors (Lipinski definition) is 0. The quantitative estimate of drug-likeness (QED) is 0.333. The van der Waals surface area contributed by atoms with Crippen LogP contribution in [0.3, 0.4) is 0 Å². The van der Waals surface area contributed by atoms with Gasteiger partial charge in [0.25, 0.3) is 0 Å². The van der Waals surface area contributed by atoms with E-state index in [0.29, 0.717) is 21.9 Å². The maximum atomic E-state index is 11.6. The minimum absolute atomic E-state index is 0.299. The summed E-state index contributed by atoms with van der Waals surface area (Å²) >= 11 is 3.52. The minimum atomic E-state index is 0.299. The highest BCUT2D eigenvalue weighted by molar-refractivity contribution is 9.09. The minimum Gasteiger partial charge on any atom is -0.594 e. The van der Waals surface area contributed by atoms with Crippen molar-refractivity contribution in [2.24, 2.45) is 5.11 Å². The van der Waals surface area contributed by atoms with Crippen LogP contribution in [0.25, 0.3) is 0 Å². The molecule has 0 radical (unpaired) electrons. The highest BCUT2D eigenvalue weighted by Crippen LogP contribution is 2.13. The average Bonchev–Trinajstić information content (AvgIpc) is 2.34. The number of nitrogens with zero attached hydrogens (tertiary/aromatic N) is 2. The smallest absolute Gasteiger partial charge is 0.244 e. The molecule has 0 fully saturated rings.